The molecule has 0 aromatic heterocycles. The molecule has 0 saturated carbocycles. The van der Waals surface area contributed by atoms with Gasteiger partial charge in [-0.25, -0.2) is 0 Å². The van der Waals surface area contributed by atoms with Crippen LogP contribution in [0, 0.1) is 5.92 Å². The minimum Gasteiger partial charge on any atom is -0.383 e. The molecular formula is C12H24N2O2. The van der Waals surface area contributed by atoms with Crippen molar-refractivity contribution in [2.45, 2.75) is 39.3 Å². The van der Waals surface area contributed by atoms with Crippen molar-refractivity contribution in [1.82, 2.24) is 10.2 Å². The maximum absolute atomic E-state index is 11.8. The first-order chi connectivity index (χ1) is 7.54. The predicted molar refractivity (Wildman–Crippen MR) is 64.3 cm³/mol. The van der Waals surface area contributed by atoms with E-state index in [0.29, 0.717) is 18.7 Å². The van der Waals surface area contributed by atoms with Gasteiger partial charge in [0, 0.05) is 38.2 Å². The highest BCUT2D eigenvalue weighted by atomic mass is 16.5. The maximum Gasteiger partial charge on any atom is 0.225 e. The monoisotopic (exact) mass is 228 g/mol. The zero-order valence-electron chi connectivity index (χ0n) is 10.8. The van der Waals surface area contributed by atoms with Crippen molar-refractivity contribution in [3.8, 4) is 0 Å². The van der Waals surface area contributed by atoms with Crippen LogP contribution in [0.15, 0.2) is 0 Å². The smallest absolute Gasteiger partial charge is 0.225 e. The van der Waals surface area contributed by atoms with Gasteiger partial charge in [-0.3, -0.25) is 4.79 Å². The van der Waals surface area contributed by atoms with Crippen LogP contribution in [0.5, 0.6) is 0 Å². The lowest BCUT2D eigenvalue weighted by molar-refractivity contribution is -0.133. The SMILES string of the molecule is COCC(C)NC1CCN(C(=O)C(C)C)C1. The van der Waals surface area contributed by atoms with Gasteiger partial charge in [-0.1, -0.05) is 13.8 Å². The first-order valence-corrected chi connectivity index (χ1v) is 6.08. The summed E-state index contributed by atoms with van der Waals surface area (Å²) >= 11 is 0. The largest absolute Gasteiger partial charge is 0.383 e. The van der Waals surface area contributed by atoms with Gasteiger partial charge >= 0.3 is 0 Å². The molecule has 1 heterocycles. The van der Waals surface area contributed by atoms with Crippen LogP contribution in [0.2, 0.25) is 0 Å². The van der Waals surface area contributed by atoms with Crippen molar-refractivity contribution in [1.29, 1.82) is 0 Å². The van der Waals surface area contributed by atoms with E-state index in [1.807, 2.05) is 18.7 Å². The Kier molecular flexibility index (Phi) is 5.22. The highest BCUT2D eigenvalue weighted by molar-refractivity contribution is 5.78. The lowest BCUT2D eigenvalue weighted by atomic mass is 10.2. The summed E-state index contributed by atoms with van der Waals surface area (Å²) in [6.07, 6.45) is 1.05. The van der Waals surface area contributed by atoms with Gasteiger partial charge in [0.15, 0.2) is 0 Å². The summed E-state index contributed by atoms with van der Waals surface area (Å²) in [7, 11) is 1.71. The van der Waals surface area contributed by atoms with Crippen LogP contribution in [-0.2, 0) is 9.53 Å². The van der Waals surface area contributed by atoms with Gasteiger partial charge in [-0.2, -0.15) is 0 Å². The van der Waals surface area contributed by atoms with Crippen molar-refractivity contribution < 1.29 is 9.53 Å². The molecule has 1 fully saturated rings. The third kappa shape index (κ3) is 3.76. The van der Waals surface area contributed by atoms with E-state index in [4.69, 9.17) is 4.74 Å². The summed E-state index contributed by atoms with van der Waals surface area (Å²) < 4.78 is 5.08. The predicted octanol–water partition coefficient (Wildman–Crippen LogP) is 0.868. The van der Waals surface area contributed by atoms with E-state index in [1.54, 1.807) is 7.11 Å². The molecule has 1 saturated heterocycles. The van der Waals surface area contributed by atoms with Crippen LogP contribution in [0.1, 0.15) is 27.2 Å². The number of nitrogens with one attached hydrogen (secondary N) is 1. The van der Waals surface area contributed by atoms with Crippen LogP contribution >= 0.6 is 0 Å². The van der Waals surface area contributed by atoms with E-state index in [1.165, 1.54) is 0 Å². The van der Waals surface area contributed by atoms with Crippen molar-refractivity contribution in [2.75, 3.05) is 26.8 Å². The first-order valence-electron chi connectivity index (χ1n) is 6.08. The number of carbonyl (C=O) groups excluding carboxylic acids is 1. The van der Waals surface area contributed by atoms with Crippen LogP contribution < -0.4 is 5.32 Å². The normalized spacial score (nSPS) is 22.8. The Morgan fingerprint density at radius 3 is 2.75 bits per heavy atom. The molecule has 1 aliphatic heterocycles. The molecule has 4 nitrogen and oxygen atoms in total. The number of hydrogen-bond donors (Lipinski definition) is 1. The molecule has 0 aromatic rings. The molecule has 4 heteroatoms. The zero-order chi connectivity index (χ0) is 12.1. The Labute approximate surface area is 98.3 Å². The second-order valence-electron chi connectivity index (χ2n) is 4.95. The molecular weight excluding hydrogens is 204 g/mol. The summed E-state index contributed by atoms with van der Waals surface area (Å²) in [5, 5.41) is 3.48. The summed E-state index contributed by atoms with van der Waals surface area (Å²) in [6, 6.07) is 0.775. The van der Waals surface area contributed by atoms with E-state index in [9.17, 15) is 4.79 Å². The van der Waals surface area contributed by atoms with Gasteiger partial charge in [-0.05, 0) is 13.3 Å². The molecule has 1 amide bonds. The summed E-state index contributed by atoms with van der Waals surface area (Å²) in [4.78, 5) is 13.7. The molecule has 1 N–H and O–H groups in total. The minimum atomic E-state index is 0.107. The number of ether oxygens (including phenoxy) is 1. The number of methoxy groups -OCH3 is 1. The molecule has 1 rings (SSSR count). The summed E-state index contributed by atoms with van der Waals surface area (Å²) in [5.41, 5.74) is 0. The van der Waals surface area contributed by atoms with Gasteiger partial charge in [-0.15, -0.1) is 0 Å². The number of likely N-dealkylation sites (tertiary alicyclic amines) is 1. The molecule has 0 aliphatic carbocycles. The van der Waals surface area contributed by atoms with Gasteiger partial charge in [0.1, 0.15) is 0 Å². The Bertz CT molecular complexity index is 231. The van der Waals surface area contributed by atoms with E-state index >= 15 is 0 Å². The van der Waals surface area contributed by atoms with Gasteiger partial charge < -0.3 is 15.0 Å². The molecule has 94 valence electrons. The van der Waals surface area contributed by atoms with Crippen molar-refractivity contribution >= 4 is 5.91 Å². The number of carbonyl (C=O) groups is 1. The fraction of sp³-hybridized carbons (Fsp3) is 0.917. The Morgan fingerprint density at radius 1 is 1.50 bits per heavy atom. The molecule has 1 aliphatic rings. The Hall–Kier alpha value is -0.610. The topological polar surface area (TPSA) is 41.6 Å². The molecule has 0 bridgehead atoms. The summed E-state index contributed by atoms with van der Waals surface area (Å²) in [5.74, 6) is 0.374. The third-order valence-electron chi connectivity index (χ3n) is 2.93. The third-order valence-corrected chi connectivity index (χ3v) is 2.93. The highest BCUT2D eigenvalue weighted by Gasteiger charge is 2.27. The zero-order valence-corrected chi connectivity index (χ0v) is 10.8. The molecule has 16 heavy (non-hydrogen) atoms. The lowest BCUT2D eigenvalue weighted by Gasteiger charge is -2.21. The number of hydrogen-bond acceptors (Lipinski definition) is 3. The maximum atomic E-state index is 11.8. The number of amides is 1. The average molecular weight is 228 g/mol. The molecule has 0 aromatic carbocycles. The Morgan fingerprint density at radius 2 is 2.19 bits per heavy atom. The molecule has 0 spiro atoms. The molecule has 2 atom stereocenters. The number of nitrogens with zero attached hydrogens (tertiary/aromatic N) is 1. The first kappa shape index (κ1) is 13.5. The van der Waals surface area contributed by atoms with E-state index in [2.05, 4.69) is 12.2 Å². The van der Waals surface area contributed by atoms with Crippen LogP contribution in [0.4, 0.5) is 0 Å². The van der Waals surface area contributed by atoms with Gasteiger partial charge in [0.2, 0.25) is 5.91 Å². The fourth-order valence-corrected chi connectivity index (χ4v) is 2.16. The van der Waals surface area contributed by atoms with Crippen LogP contribution in [0.3, 0.4) is 0 Å². The van der Waals surface area contributed by atoms with E-state index < -0.39 is 0 Å². The molecule has 2 unspecified atom stereocenters. The average Bonchev–Trinajstić information content (AvgIpc) is 2.65. The second kappa shape index (κ2) is 6.21. The minimum absolute atomic E-state index is 0.107. The van der Waals surface area contributed by atoms with Crippen molar-refractivity contribution in [2.24, 2.45) is 5.92 Å². The second-order valence-corrected chi connectivity index (χ2v) is 4.95. The van der Waals surface area contributed by atoms with E-state index in [-0.39, 0.29) is 11.8 Å². The van der Waals surface area contributed by atoms with Gasteiger partial charge in [0.05, 0.1) is 6.61 Å². The lowest BCUT2D eigenvalue weighted by Crippen LogP contribution is -2.42. The quantitative estimate of drug-likeness (QED) is 0.759. The molecule has 0 radical (unpaired) electrons. The van der Waals surface area contributed by atoms with Crippen molar-refractivity contribution in [3.05, 3.63) is 0 Å². The van der Waals surface area contributed by atoms with Crippen LogP contribution in [0.25, 0.3) is 0 Å². The van der Waals surface area contributed by atoms with Crippen LogP contribution in [-0.4, -0.2) is 49.7 Å². The van der Waals surface area contributed by atoms with Gasteiger partial charge in [0.25, 0.3) is 0 Å². The number of rotatable bonds is 5. The summed E-state index contributed by atoms with van der Waals surface area (Å²) in [6.45, 7) is 8.46. The fourth-order valence-electron chi connectivity index (χ4n) is 2.16. The Balaban J connectivity index is 2.32. The van der Waals surface area contributed by atoms with E-state index in [0.717, 1.165) is 19.5 Å². The standard InChI is InChI=1S/C12H24N2O2/c1-9(2)12(15)14-6-5-11(7-14)13-10(3)8-16-4/h9-11,13H,5-8H2,1-4H3. The van der Waals surface area contributed by atoms with Crippen molar-refractivity contribution in [3.63, 3.8) is 0 Å². The highest BCUT2D eigenvalue weighted by Crippen LogP contribution is 2.13.